The van der Waals surface area contributed by atoms with Gasteiger partial charge in [-0.2, -0.15) is 9.40 Å². The average molecular weight is 407 g/mol. The summed E-state index contributed by atoms with van der Waals surface area (Å²) in [6, 6.07) is 4.41. The van der Waals surface area contributed by atoms with Crippen molar-refractivity contribution < 1.29 is 17.9 Å². The zero-order chi connectivity index (χ0) is 20.0. The number of carbonyl (C=O) groups excluding carboxylic acids is 1. The Morgan fingerprint density at radius 3 is 2.64 bits per heavy atom. The zero-order valence-electron chi connectivity index (χ0n) is 15.8. The van der Waals surface area contributed by atoms with Crippen molar-refractivity contribution in [1.29, 1.82) is 0 Å². The molecule has 10 heteroatoms. The monoisotopic (exact) mass is 407 g/mol. The van der Waals surface area contributed by atoms with E-state index in [1.807, 2.05) is 0 Å². The van der Waals surface area contributed by atoms with E-state index in [0.29, 0.717) is 37.6 Å². The molecule has 0 unspecified atom stereocenters. The van der Waals surface area contributed by atoms with Crippen molar-refractivity contribution in [2.24, 2.45) is 0 Å². The maximum Gasteiger partial charge on any atom is 0.255 e. The van der Waals surface area contributed by atoms with E-state index < -0.39 is 15.9 Å². The minimum atomic E-state index is -3.65. The first-order valence-electron chi connectivity index (χ1n) is 9.33. The number of hydrogen-bond acceptors (Lipinski definition) is 6. The Bertz CT molecular complexity index is 891. The zero-order valence-corrected chi connectivity index (χ0v) is 16.7. The molecule has 1 aromatic carbocycles. The second kappa shape index (κ2) is 9.16. The number of nitrogens with one attached hydrogen (secondary N) is 2. The number of sulfonamides is 1. The lowest BCUT2D eigenvalue weighted by atomic mass is 10.2. The Morgan fingerprint density at radius 1 is 1.25 bits per heavy atom. The van der Waals surface area contributed by atoms with Crippen molar-refractivity contribution in [3.8, 4) is 5.75 Å². The van der Waals surface area contributed by atoms with Gasteiger partial charge in [0.1, 0.15) is 17.9 Å². The molecule has 0 radical (unpaired) electrons. The van der Waals surface area contributed by atoms with Crippen molar-refractivity contribution >= 4 is 15.9 Å². The molecule has 3 rings (SSSR count). The second-order valence-electron chi connectivity index (χ2n) is 6.62. The number of hydrogen-bond donors (Lipinski definition) is 2. The first-order chi connectivity index (χ1) is 13.5. The summed E-state index contributed by atoms with van der Waals surface area (Å²) in [4.78, 5) is 16.7. The number of aromatic amines is 1. The standard InChI is InChI=1S/C18H25N5O4S/c1-27-16-7-6-14(28(25,26)23-10-4-2-3-5-11-23)12-15(16)18(24)19-9-8-17-20-13-21-22-17/h6-7,12-13H,2-5,8-11H2,1H3,(H,19,24)(H,20,21,22). The lowest BCUT2D eigenvalue weighted by Gasteiger charge is -2.20. The fourth-order valence-corrected chi connectivity index (χ4v) is 4.74. The number of amides is 1. The van der Waals surface area contributed by atoms with Crippen LogP contribution in [0.5, 0.6) is 5.75 Å². The molecule has 2 aromatic rings. The topological polar surface area (TPSA) is 117 Å². The summed E-state index contributed by atoms with van der Waals surface area (Å²) in [5, 5.41) is 9.24. The van der Waals surface area contributed by atoms with Crippen LogP contribution in [0.25, 0.3) is 0 Å². The Morgan fingerprint density at radius 2 is 2.00 bits per heavy atom. The van der Waals surface area contributed by atoms with Crippen LogP contribution in [0, 0.1) is 0 Å². The van der Waals surface area contributed by atoms with Crippen LogP contribution in [0.1, 0.15) is 41.9 Å². The summed E-state index contributed by atoms with van der Waals surface area (Å²) in [7, 11) is -2.20. The van der Waals surface area contributed by atoms with Gasteiger partial charge in [-0.3, -0.25) is 9.89 Å². The molecule has 152 valence electrons. The third kappa shape index (κ3) is 4.68. The van der Waals surface area contributed by atoms with Crippen molar-refractivity contribution in [1.82, 2.24) is 24.8 Å². The van der Waals surface area contributed by atoms with Crippen LogP contribution in [-0.4, -0.2) is 60.6 Å². The molecular weight excluding hydrogens is 382 g/mol. The lowest BCUT2D eigenvalue weighted by molar-refractivity contribution is 0.0950. The minimum absolute atomic E-state index is 0.107. The molecule has 1 saturated heterocycles. The van der Waals surface area contributed by atoms with E-state index in [9.17, 15) is 13.2 Å². The number of carbonyl (C=O) groups is 1. The molecule has 2 N–H and O–H groups in total. The van der Waals surface area contributed by atoms with Gasteiger partial charge >= 0.3 is 0 Å². The van der Waals surface area contributed by atoms with Gasteiger partial charge in [0.2, 0.25) is 10.0 Å². The van der Waals surface area contributed by atoms with Gasteiger partial charge in [0.05, 0.1) is 17.6 Å². The summed E-state index contributed by atoms with van der Waals surface area (Å²) < 4.78 is 32.8. The van der Waals surface area contributed by atoms with Gasteiger partial charge in [0.25, 0.3) is 5.91 Å². The number of aromatic nitrogens is 3. The van der Waals surface area contributed by atoms with Crippen LogP contribution in [0.4, 0.5) is 0 Å². The molecule has 0 bridgehead atoms. The van der Waals surface area contributed by atoms with Crippen LogP contribution in [0.15, 0.2) is 29.4 Å². The molecule has 1 aliphatic heterocycles. The first-order valence-corrected chi connectivity index (χ1v) is 10.8. The lowest BCUT2D eigenvalue weighted by Crippen LogP contribution is -2.32. The largest absolute Gasteiger partial charge is 0.496 e. The molecule has 1 fully saturated rings. The number of nitrogens with zero attached hydrogens (tertiary/aromatic N) is 3. The molecule has 0 aliphatic carbocycles. The van der Waals surface area contributed by atoms with Crippen LogP contribution < -0.4 is 10.1 Å². The van der Waals surface area contributed by atoms with Gasteiger partial charge < -0.3 is 10.1 Å². The van der Waals surface area contributed by atoms with Gasteiger partial charge in [0, 0.05) is 26.1 Å². The molecule has 2 heterocycles. The molecule has 1 aromatic heterocycles. The van der Waals surface area contributed by atoms with E-state index in [1.54, 1.807) is 0 Å². The number of rotatable bonds is 7. The SMILES string of the molecule is COc1ccc(S(=O)(=O)N2CCCCCC2)cc1C(=O)NCCc1ncn[nH]1. The highest BCUT2D eigenvalue weighted by Crippen LogP contribution is 2.26. The highest BCUT2D eigenvalue weighted by atomic mass is 32.2. The summed E-state index contributed by atoms with van der Waals surface area (Å²) in [5.41, 5.74) is 0.191. The number of methoxy groups -OCH3 is 1. The van der Waals surface area contributed by atoms with E-state index in [1.165, 1.54) is 35.9 Å². The smallest absolute Gasteiger partial charge is 0.255 e. The van der Waals surface area contributed by atoms with Crippen molar-refractivity contribution in [3.63, 3.8) is 0 Å². The van der Waals surface area contributed by atoms with Gasteiger partial charge in [-0.1, -0.05) is 12.8 Å². The Balaban J connectivity index is 1.77. The Kier molecular flexibility index (Phi) is 6.63. The summed E-state index contributed by atoms with van der Waals surface area (Å²) in [6.07, 6.45) is 5.66. The average Bonchev–Trinajstić information content (AvgIpc) is 3.06. The molecule has 9 nitrogen and oxygen atoms in total. The number of benzene rings is 1. The summed E-state index contributed by atoms with van der Waals surface area (Å²) in [6.45, 7) is 1.35. The van der Waals surface area contributed by atoms with Crippen LogP contribution in [0.2, 0.25) is 0 Å². The van der Waals surface area contributed by atoms with E-state index in [0.717, 1.165) is 25.7 Å². The third-order valence-electron chi connectivity index (χ3n) is 4.73. The van der Waals surface area contributed by atoms with Crippen LogP contribution in [-0.2, 0) is 16.4 Å². The van der Waals surface area contributed by atoms with Gasteiger partial charge in [-0.25, -0.2) is 13.4 Å². The molecular formula is C18H25N5O4S. The van der Waals surface area contributed by atoms with E-state index in [-0.39, 0.29) is 10.5 Å². The maximum atomic E-state index is 13.0. The fraction of sp³-hybridized carbons (Fsp3) is 0.500. The van der Waals surface area contributed by atoms with Crippen molar-refractivity contribution in [2.45, 2.75) is 37.0 Å². The normalized spacial score (nSPS) is 15.8. The van der Waals surface area contributed by atoms with Crippen molar-refractivity contribution in [3.05, 3.63) is 35.9 Å². The van der Waals surface area contributed by atoms with Crippen LogP contribution >= 0.6 is 0 Å². The highest BCUT2D eigenvalue weighted by molar-refractivity contribution is 7.89. The quantitative estimate of drug-likeness (QED) is 0.715. The van der Waals surface area contributed by atoms with Gasteiger partial charge in [0.15, 0.2) is 0 Å². The highest BCUT2D eigenvalue weighted by Gasteiger charge is 2.27. The van der Waals surface area contributed by atoms with E-state index >= 15 is 0 Å². The molecule has 28 heavy (non-hydrogen) atoms. The summed E-state index contributed by atoms with van der Waals surface area (Å²) in [5.74, 6) is 0.584. The third-order valence-corrected chi connectivity index (χ3v) is 6.63. The summed E-state index contributed by atoms with van der Waals surface area (Å²) >= 11 is 0. The number of H-pyrrole nitrogens is 1. The fourth-order valence-electron chi connectivity index (χ4n) is 3.20. The number of ether oxygens (including phenoxy) is 1. The van der Waals surface area contributed by atoms with Gasteiger partial charge in [-0.15, -0.1) is 0 Å². The molecule has 0 saturated carbocycles. The second-order valence-corrected chi connectivity index (χ2v) is 8.56. The molecule has 1 amide bonds. The van der Waals surface area contributed by atoms with E-state index in [4.69, 9.17) is 4.74 Å². The maximum absolute atomic E-state index is 13.0. The Hall–Kier alpha value is -2.46. The predicted molar refractivity (Wildman–Crippen MR) is 103 cm³/mol. The van der Waals surface area contributed by atoms with E-state index in [2.05, 4.69) is 20.5 Å². The molecule has 0 atom stereocenters. The Labute approximate surface area is 164 Å². The molecule has 1 aliphatic rings. The minimum Gasteiger partial charge on any atom is -0.496 e. The first kappa shape index (κ1) is 20.3. The van der Waals surface area contributed by atoms with Gasteiger partial charge in [-0.05, 0) is 31.0 Å². The van der Waals surface area contributed by atoms with Crippen LogP contribution in [0.3, 0.4) is 0 Å². The molecule has 0 spiro atoms. The van der Waals surface area contributed by atoms with Crippen molar-refractivity contribution in [2.75, 3.05) is 26.7 Å². The predicted octanol–water partition coefficient (Wildman–Crippen LogP) is 1.35.